The molecule has 0 radical (unpaired) electrons. The maximum absolute atomic E-state index is 13.3. The fraction of sp³-hybridized carbons (Fsp3) is 0.273. The van der Waals surface area contributed by atoms with Crippen molar-refractivity contribution in [2.24, 2.45) is 0 Å². The lowest BCUT2D eigenvalue weighted by Crippen LogP contribution is -2.38. The molecule has 2 heterocycles. The van der Waals surface area contributed by atoms with Crippen molar-refractivity contribution in [2.75, 3.05) is 13.2 Å². The molecule has 2 nitrogen and oxygen atoms in total. The number of ether oxygens (including phenoxy) is 1. The molecule has 2 atom stereocenters. The van der Waals surface area contributed by atoms with Gasteiger partial charge in [-0.05, 0) is 57.8 Å². The molecule has 0 amide bonds. The number of hydrogen-bond acceptors (Lipinski definition) is 3. The zero-order valence-corrected chi connectivity index (χ0v) is 15.7. The van der Waals surface area contributed by atoms with E-state index in [0.717, 1.165) is 17.7 Å². The maximum atomic E-state index is 13.3. The van der Waals surface area contributed by atoms with Crippen LogP contribution in [0.5, 0.6) is 0 Å². The fourth-order valence-corrected chi connectivity index (χ4v) is 4.32. The Balaban J connectivity index is 1.59. The Kier molecular flexibility index (Phi) is 5.62. The summed E-state index contributed by atoms with van der Waals surface area (Å²) in [5.41, 5.74) is 3.41. The second-order valence-electron chi connectivity index (χ2n) is 6.93. The molecule has 5 heteroatoms. The van der Waals surface area contributed by atoms with Gasteiger partial charge >= 0.3 is 0 Å². The van der Waals surface area contributed by atoms with Crippen LogP contribution in [-0.2, 0) is 17.8 Å². The van der Waals surface area contributed by atoms with Gasteiger partial charge in [0.05, 0.1) is 13.2 Å². The summed E-state index contributed by atoms with van der Waals surface area (Å²) in [4.78, 5) is 2.39. The molecule has 4 rings (SSSR count). The van der Waals surface area contributed by atoms with E-state index >= 15 is 0 Å². The summed E-state index contributed by atoms with van der Waals surface area (Å²) in [7, 11) is 0. The molecule has 0 aliphatic carbocycles. The summed E-state index contributed by atoms with van der Waals surface area (Å²) in [6.45, 7) is 2.77. The quantitative estimate of drug-likeness (QED) is 0.577. The van der Waals surface area contributed by atoms with Crippen LogP contribution < -0.4 is 0 Å². The minimum absolute atomic E-state index is 0.181. The van der Waals surface area contributed by atoms with Gasteiger partial charge in [0.2, 0.25) is 0 Å². The van der Waals surface area contributed by atoms with Gasteiger partial charge in [-0.2, -0.15) is 11.3 Å². The molecule has 140 valence electrons. The summed E-state index contributed by atoms with van der Waals surface area (Å²) in [6, 6.07) is 15.7. The van der Waals surface area contributed by atoms with Crippen LogP contribution in [-0.4, -0.2) is 24.2 Å². The van der Waals surface area contributed by atoms with Crippen LogP contribution in [0.15, 0.2) is 65.4 Å². The van der Waals surface area contributed by atoms with Gasteiger partial charge in [0.15, 0.2) is 0 Å². The predicted molar refractivity (Wildman–Crippen MR) is 104 cm³/mol. The van der Waals surface area contributed by atoms with Crippen molar-refractivity contribution in [2.45, 2.75) is 25.0 Å². The number of nitrogens with zero attached hydrogens (tertiary/aromatic N) is 1. The molecule has 1 aromatic heterocycles. The first-order chi connectivity index (χ1) is 13.2. The third-order valence-electron chi connectivity index (χ3n) is 5.08. The molecule has 1 aliphatic rings. The van der Waals surface area contributed by atoms with E-state index in [0.29, 0.717) is 19.8 Å². The SMILES string of the molecule is Fc1ccc(CN(Cc2ccsc2)[C@@H]2COC[C@H]2c2ccc(F)cc2)cc1. The Hall–Kier alpha value is -2.08. The van der Waals surface area contributed by atoms with Gasteiger partial charge in [-0.25, -0.2) is 8.78 Å². The van der Waals surface area contributed by atoms with Gasteiger partial charge in [-0.1, -0.05) is 24.3 Å². The van der Waals surface area contributed by atoms with E-state index in [2.05, 4.69) is 21.7 Å². The van der Waals surface area contributed by atoms with Crippen molar-refractivity contribution in [3.8, 4) is 0 Å². The monoisotopic (exact) mass is 385 g/mol. The van der Waals surface area contributed by atoms with Gasteiger partial charge in [-0.15, -0.1) is 0 Å². The summed E-state index contributed by atoms with van der Waals surface area (Å²) >= 11 is 1.68. The van der Waals surface area contributed by atoms with E-state index in [4.69, 9.17) is 4.74 Å². The normalized spacial score (nSPS) is 19.7. The first-order valence-electron chi connectivity index (χ1n) is 9.02. The third kappa shape index (κ3) is 4.43. The van der Waals surface area contributed by atoms with E-state index in [1.807, 2.05) is 24.3 Å². The number of halogens is 2. The molecule has 1 fully saturated rings. The first-order valence-corrected chi connectivity index (χ1v) is 9.96. The van der Waals surface area contributed by atoms with E-state index < -0.39 is 0 Å². The molecule has 0 N–H and O–H groups in total. The van der Waals surface area contributed by atoms with Crippen molar-refractivity contribution in [3.63, 3.8) is 0 Å². The van der Waals surface area contributed by atoms with Gasteiger partial charge in [-0.3, -0.25) is 4.90 Å². The second kappa shape index (κ2) is 8.30. The highest BCUT2D eigenvalue weighted by Gasteiger charge is 2.34. The standard InChI is InChI=1S/C22H21F2NOS/c23-19-5-1-16(2-6-19)11-25(12-17-9-10-27-15-17)22-14-26-13-21(22)18-3-7-20(24)8-4-18/h1-10,15,21-22H,11-14H2/t21-,22+/m0/s1. The highest BCUT2D eigenvalue weighted by atomic mass is 32.1. The summed E-state index contributed by atoms with van der Waals surface area (Å²) in [6.07, 6.45) is 0. The molecular formula is C22H21F2NOS. The largest absolute Gasteiger partial charge is 0.379 e. The molecule has 27 heavy (non-hydrogen) atoms. The molecule has 0 spiro atoms. The molecule has 0 saturated carbocycles. The minimum Gasteiger partial charge on any atom is -0.379 e. The molecule has 2 aromatic carbocycles. The van der Waals surface area contributed by atoms with Crippen LogP contribution in [0.3, 0.4) is 0 Å². The Bertz CT molecular complexity index is 849. The van der Waals surface area contributed by atoms with Crippen LogP contribution in [0.25, 0.3) is 0 Å². The molecule has 0 bridgehead atoms. The number of thiophene rings is 1. The molecule has 3 aromatic rings. The van der Waals surface area contributed by atoms with Crippen LogP contribution >= 0.6 is 11.3 Å². The van der Waals surface area contributed by atoms with Gasteiger partial charge in [0.1, 0.15) is 11.6 Å². The van der Waals surface area contributed by atoms with Crippen molar-refractivity contribution in [1.82, 2.24) is 4.90 Å². The lowest BCUT2D eigenvalue weighted by molar-refractivity contribution is 0.132. The van der Waals surface area contributed by atoms with E-state index in [9.17, 15) is 8.78 Å². The third-order valence-corrected chi connectivity index (χ3v) is 5.81. The Morgan fingerprint density at radius 1 is 0.852 bits per heavy atom. The van der Waals surface area contributed by atoms with Crippen LogP contribution in [0.4, 0.5) is 8.78 Å². The van der Waals surface area contributed by atoms with Crippen molar-refractivity contribution < 1.29 is 13.5 Å². The van der Waals surface area contributed by atoms with E-state index in [1.54, 1.807) is 11.3 Å². The predicted octanol–water partition coefficient (Wildman–Crippen LogP) is 5.21. The average Bonchev–Trinajstić information content (AvgIpc) is 3.35. The van der Waals surface area contributed by atoms with E-state index in [1.165, 1.54) is 29.8 Å². The highest BCUT2D eigenvalue weighted by Crippen LogP contribution is 2.32. The Labute approximate surface area is 162 Å². The highest BCUT2D eigenvalue weighted by molar-refractivity contribution is 7.07. The lowest BCUT2D eigenvalue weighted by Gasteiger charge is -2.32. The lowest BCUT2D eigenvalue weighted by atomic mass is 9.92. The molecular weight excluding hydrogens is 364 g/mol. The average molecular weight is 385 g/mol. The van der Waals surface area contributed by atoms with Crippen LogP contribution in [0.1, 0.15) is 22.6 Å². The van der Waals surface area contributed by atoms with Gasteiger partial charge in [0, 0.05) is 25.0 Å². The van der Waals surface area contributed by atoms with Crippen molar-refractivity contribution in [1.29, 1.82) is 0 Å². The zero-order valence-electron chi connectivity index (χ0n) is 14.9. The zero-order chi connectivity index (χ0) is 18.6. The fourth-order valence-electron chi connectivity index (χ4n) is 3.66. The van der Waals surface area contributed by atoms with Gasteiger partial charge in [0.25, 0.3) is 0 Å². The number of benzene rings is 2. The van der Waals surface area contributed by atoms with Gasteiger partial charge < -0.3 is 4.74 Å². The second-order valence-corrected chi connectivity index (χ2v) is 7.71. The summed E-state index contributed by atoms with van der Waals surface area (Å²) < 4.78 is 32.4. The van der Waals surface area contributed by atoms with E-state index in [-0.39, 0.29) is 23.6 Å². The molecule has 1 aliphatic heterocycles. The Morgan fingerprint density at radius 3 is 2.19 bits per heavy atom. The smallest absolute Gasteiger partial charge is 0.123 e. The van der Waals surface area contributed by atoms with Crippen molar-refractivity contribution in [3.05, 3.63) is 93.7 Å². The maximum Gasteiger partial charge on any atom is 0.123 e. The summed E-state index contributed by atoms with van der Waals surface area (Å²) in [5, 5.41) is 4.23. The van der Waals surface area contributed by atoms with Crippen molar-refractivity contribution >= 4 is 11.3 Å². The van der Waals surface area contributed by atoms with Crippen LogP contribution in [0.2, 0.25) is 0 Å². The molecule has 1 saturated heterocycles. The molecule has 0 unspecified atom stereocenters. The Morgan fingerprint density at radius 2 is 1.52 bits per heavy atom. The van der Waals surface area contributed by atoms with Crippen LogP contribution in [0, 0.1) is 11.6 Å². The number of rotatable bonds is 6. The first kappa shape index (κ1) is 18.3. The number of hydrogen-bond donors (Lipinski definition) is 0. The summed E-state index contributed by atoms with van der Waals surface area (Å²) in [5.74, 6) is -0.267. The minimum atomic E-state index is -0.226. The topological polar surface area (TPSA) is 12.5 Å².